The predicted molar refractivity (Wildman–Crippen MR) is 117 cm³/mol. The van der Waals surface area contributed by atoms with Crippen LogP contribution in [0.25, 0.3) is 0 Å². The Morgan fingerprint density at radius 2 is 1.87 bits per heavy atom. The van der Waals surface area contributed by atoms with E-state index in [1.54, 1.807) is 9.80 Å². The number of rotatable bonds is 3. The number of nitrogens with one attached hydrogen (secondary N) is 1. The zero-order valence-electron chi connectivity index (χ0n) is 17.6. The molecule has 0 unspecified atom stereocenters. The van der Waals surface area contributed by atoms with Gasteiger partial charge in [-0.2, -0.15) is 0 Å². The molecule has 0 aromatic heterocycles. The van der Waals surface area contributed by atoms with Gasteiger partial charge in [-0.25, -0.2) is 4.79 Å². The number of fused-ring (bicyclic) bond motifs is 1. The molecule has 0 spiro atoms. The maximum absolute atomic E-state index is 12.9. The summed E-state index contributed by atoms with van der Waals surface area (Å²) in [7, 11) is 0. The van der Waals surface area contributed by atoms with Crippen molar-refractivity contribution in [3.8, 4) is 5.75 Å². The molecular weight excluding hydrogens is 420 g/mol. The Kier molecular flexibility index (Phi) is 5.84. The van der Waals surface area contributed by atoms with Crippen LogP contribution in [-0.4, -0.2) is 85.9 Å². The molecule has 0 saturated carbocycles. The van der Waals surface area contributed by atoms with Crippen molar-refractivity contribution in [2.75, 3.05) is 50.8 Å². The van der Waals surface area contributed by atoms with Gasteiger partial charge in [0.25, 0.3) is 0 Å². The fraction of sp³-hybridized carbons (Fsp3) is 0.636. The molecule has 1 N–H and O–H groups in total. The van der Waals surface area contributed by atoms with Gasteiger partial charge in [-0.15, -0.1) is 0 Å². The lowest BCUT2D eigenvalue weighted by Gasteiger charge is -2.45. The third kappa shape index (κ3) is 4.55. The molecular formula is C22H29ClN4O4. The molecule has 4 heterocycles. The van der Waals surface area contributed by atoms with Gasteiger partial charge in [0.05, 0.1) is 25.2 Å². The van der Waals surface area contributed by atoms with Gasteiger partial charge >= 0.3 is 6.03 Å². The first kappa shape index (κ1) is 20.7. The van der Waals surface area contributed by atoms with Crippen molar-refractivity contribution in [3.63, 3.8) is 0 Å². The first-order valence-corrected chi connectivity index (χ1v) is 11.6. The number of morpholine rings is 1. The molecule has 0 aliphatic carbocycles. The summed E-state index contributed by atoms with van der Waals surface area (Å²) >= 11 is 6.34. The maximum Gasteiger partial charge on any atom is 0.320 e. The molecule has 31 heavy (non-hydrogen) atoms. The normalized spacial score (nSPS) is 26.7. The second kappa shape index (κ2) is 8.74. The second-order valence-corrected chi connectivity index (χ2v) is 9.31. The summed E-state index contributed by atoms with van der Waals surface area (Å²) in [4.78, 5) is 30.4. The number of nitrogens with zero attached hydrogens (tertiary/aromatic N) is 3. The first-order valence-electron chi connectivity index (χ1n) is 11.2. The van der Waals surface area contributed by atoms with Gasteiger partial charge in [0.15, 0.2) is 0 Å². The minimum atomic E-state index is -0.119. The smallest absolute Gasteiger partial charge is 0.320 e. The van der Waals surface area contributed by atoms with E-state index in [-0.39, 0.29) is 36.8 Å². The Morgan fingerprint density at radius 3 is 2.68 bits per heavy atom. The summed E-state index contributed by atoms with van der Waals surface area (Å²) in [6.45, 7) is 4.46. The second-order valence-electron chi connectivity index (χ2n) is 8.88. The number of likely N-dealkylation sites (tertiary alicyclic amines) is 2. The van der Waals surface area contributed by atoms with E-state index in [1.807, 2.05) is 12.1 Å². The monoisotopic (exact) mass is 448 g/mol. The Bertz CT molecular complexity index is 841. The van der Waals surface area contributed by atoms with Crippen molar-refractivity contribution in [3.05, 3.63) is 23.2 Å². The van der Waals surface area contributed by atoms with Crippen molar-refractivity contribution in [1.29, 1.82) is 0 Å². The number of piperidine rings is 2. The molecule has 2 atom stereocenters. The number of carbonyl (C=O) groups excluding carboxylic acids is 2. The number of hydrogen-bond acceptors (Lipinski definition) is 5. The summed E-state index contributed by atoms with van der Waals surface area (Å²) in [5, 5.41) is 3.61. The van der Waals surface area contributed by atoms with E-state index in [1.165, 1.54) is 19.3 Å². The largest absolute Gasteiger partial charge is 0.487 e. The van der Waals surface area contributed by atoms with Crippen LogP contribution in [0.15, 0.2) is 18.2 Å². The molecule has 0 radical (unpaired) electrons. The number of amides is 3. The number of hydrogen-bond donors (Lipinski definition) is 1. The molecule has 4 aliphatic rings. The van der Waals surface area contributed by atoms with Crippen LogP contribution >= 0.6 is 11.6 Å². The maximum atomic E-state index is 12.9. The molecule has 1 aromatic carbocycles. The van der Waals surface area contributed by atoms with E-state index < -0.39 is 0 Å². The zero-order chi connectivity index (χ0) is 21.4. The standard InChI is InChI=1S/C22H29ClN4O4/c23-15-8-16(25-5-2-1-3-6-25)10-17(9-15)31-18-11-27(12-18)22(29)26-7-4-20-19(13-26)24-21(28)14-30-20/h8-10,18-20H,1-7,11-14H2,(H,24,28)/t19-,20+/m1/s1. The lowest BCUT2D eigenvalue weighted by Crippen LogP contribution is -2.65. The average molecular weight is 449 g/mol. The van der Waals surface area contributed by atoms with E-state index in [0.717, 1.165) is 30.9 Å². The van der Waals surface area contributed by atoms with Gasteiger partial charge in [-0.1, -0.05) is 11.6 Å². The Labute approximate surface area is 187 Å². The van der Waals surface area contributed by atoms with Crippen LogP contribution < -0.4 is 15.0 Å². The summed E-state index contributed by atoms with van der Waals surface area (Å²) in [5.74, 6) is 0.645. The lowest BCUT2D eigenvalue weighted by molar-refractivity contribution is -0.139. The number of carbonyl (C=O) groups is 2. The van der Waals surface area contributed by atoms with Gasteiger partial charge in [0, 0.05) is 43.0 Å². The Morgan fingerprint density at radius 1 is 1.06 bits per heavy atom. The zero-order valence-corrected chi connectivity index (χ0v) is 18.4. The molecule has 4 fully saturated rings. The average Bonchev–Trinajstić information content (AvgIpc) is 2.75. The van der Waals surface area contributed by atoms with Gasteiger partial charge < -0.3 is 29.5 Å². The molecule has 3 amide bonds. The SMILES string of the molecule is O=C1CO[C@H]2CCN(C(=O)N3CC(Oc4cc(Cl)cc(N5CCCCC5)c4)C3)C[C@H]2N1. The highest BCUT2D eigenvalue weighted by Crippen LogP contribution is 2.31. The highest BCUT2D eigenvalue weighted by molar-refractivity contribution is 6.31. The van der Waals surface area contributed by atoms with E-state index in [0.29, 0.717) is 31.2 Å². The molecule has 5 rings (SSSR count). The molecule has 9 heteroatoms. The Hall–Kier alpha value is -2.19. The molecule has 4 saturated heterocycles. The lowest BCUT2D eigenvalue weighted by atomic mass is 10.0. The highest BCUT2D eigenvalue weighted by atomic mass is 35.5. The van der Waals surface area contributed by atoms with Crippen molar-refractivity contribution in [2.45, 2.75) is 43.9 Å². The number of ether oxygens (including phenoxy) is 2. The van der Waals surface area contributed by atoms with Crippen LogP contribution in [0.5, 0.6) is 5.75 Å². The van der Waals surface area contributed by atoms with Crippen LogP contribution in [0.3, 0.4) is 0 Å². The van der Waals surface area contributed by atoms with Crippen LogP contribution in [0.1, 0.15) is 25.7 Å². The fourth-order valence-electron chi connectivity index (χ4n) is 4.89. The summed E-state index contributed by atoms with van der Waals surface area (Å²) in [6, 6.07) is 5.77. The quantitative estimate of drug-likeness (QED) is 0.766. The van der Waals surface area contributed by atoms with Crippen molar-refractivity contribution in [1.82, 2.24) is 15.1 Å². The van der Waals surface area contributed by atoms with E-state index in [4.69, 9.17) is 21.1 Å². The third-order valence-electron chi connectivity index (χ3n) is 6.59. The van der Waals surface area contributed by atoms with Gasteiger partial charge in [-0.05, 0) is 37.8 Å². The molecule has 4 aliphatic heterocycles. The van der Waals surface area contributed by atoms with Gasteiger partial charge in [0.2, 0.25) is 5.91 Å². The highest BCUT2D eigenvalue weighted by Gasteiger charge is 2.40. The summed E-state index contributed by atoms with van der Waals surface area (Å²) in [5.41, 5.74) is 1.11. The van der Waals surface area contributed by atoms with E-state index in [2.05, 4.69) is 16.3 Å². The van der Waals surface area contributed by atoms with Gasteiger partial charge in [-0.3, -0.25) is 4.79 Å². The molecule has 1 aromatic rings. The predicted octanol–water partition coefficient (Wildman–Crippen LogP) is 2.10. The summed E-state index contributed by atoms with van der Waals surface area (Å²) < 4.78 is 11.7. The minimum Gasteiger partial charge on any atom is -0.487 e. The first-order chi connectivity index (χ1) is 15.0. The number of urea groups is 1. The van der Waals surface area contributed by atoms with Crippen molar-refractivity contribution in [2.24, 2.45) is 0 Å². The van der Waals surface area contributed by atoms with E-state index in [9.17, 15) is 9.59 Å². The fourth-order valence-corrected chi connectivity index (χ4v) is 5.10. The van der Waals surface area contributed by atoms with Crippen molar-refractivity contribution >= 4 is 29.2 Å². The third-order valence-corrected chi connectivity index (χ3v) is 6.81. The van der Waals surface area contributed by atoms with Crippen LogP contribution in [0.4, 0.5) is 10.5 Å². The number of halogens is 1. The molecule has 8 nitrogen and oxygen atoms in total. The van der Waals surface area contributed by atoms with Crippen molar-refractivity contribution < 1.29 is 19.1 Å². The Balaban J connectivity index is 1.14. The van der Waals surface area contributed by atoms with Crippen LogP contribution in [0, 0.1) is 0 Å². The minimum absolute atomic E-state index is 0.00165. The molecule has 0 bridgehead atoms. The van der Waals surface area contributed by atoms with E-state index >= 15 is 0 Å². The van der Waals surface area contributed by atoms with Crippen LogP contribution in [0.2, 0.25) is 5.02 Å². The number of benzene rings is 1. The topological polar surface area (TPSA) is 74.3 Å². The molecule has 168 valence electrons. The van der Waals surface area contributed by atoms with Crippen LogP contribution in [-0.2, 0) is 9.53 Å². The number of anilines is 1. The van der Waals surface area contributed by atoms with Gasteiger partial charge in [0.1, 0.15) is 18.5 Å². The summed E-state index contributed by atoms with van der Waals surface area (Å²) in [6.07, 6.45) is 4.40.